The van der Waals surface area contributed by atoms with Crippen molar-refractivity contribution in [3.05, 3.63) is 29.3 Å². The molecule has 3 heteroatoms. The smallest absolute Gasteiger partial charge is 0.251 e. The van der Waals surface area contributed by atoms with E-state index in [4.69, 9.17) is 0 Å². The van der Waals surface area contributed by atoms with Crippen molar-refractivity contribution in [2.24, 2.45) is 0 Å². The number of nitrogens with one attached hydrogen (secondary N) is 2. The van der Waals surface area contributed by atoms with Crippen molar-refractivity contribution in [1.29, 1.82) is 0 Å². The standard InChI is InChI=1S/C11H14N2O/c1-7(2)13-10-5-3-4-8-9(10)6-12-11(8)14/h3-5,7,13H,6H2,1-2H3,(H,12,14). The van der Waals surface area contributed by atoms with Gasteiger partial charge in [-0.25, -0.2) is 0 Å². The first-order valence-electron chi connectivity index (χ1n) is 4.85. The van der Waals surface area contributed by atoms with E-state index < -0.39 is 0 Å². The number of hydrogen-bond donors (Lipinski definition) is 2. The van der Waals surface area contributed by atoms with E-state index in [1.54, 1.807) is 0 Å². The van der Waals surface area contributed by atoms with Gasteiger partial charge in [-0.3, -0.25) is 4.79 Å². The second-order valence-electron chi connectivity index (χ2n) is 3.81. The molecule has 3 nitrogen and oxygen atoms in total. The quantitative estimate of drug-likeness (QED) is 0.746. The number of benzene rings is 1. The van der Waals surface area contributed by atoms with Crippen molar-refractivity contribution in [3.8, 4) is 0 Å². The molecule has 0 spiro atoms. The normalized spacial score (nSPS) is 14.1. The predicted octanol–water partition coefficient (Wildman–Crippen LogP) is 1.75. The highest BCUT2D eigenvalue weighted by molar-refractivity contribution is 5.99. The maximum Gasteiger partial charge on any atom is 0.251 e. The summed E-state index contributed by atoms with van der Waals surface area (Å²) in [7, 11) is 0. The monoisotopic (exact) mass is 190 g/mol. The molecule has 1 heterocycles. The first-order valence-corrected chi connectivity index (χ1v) is 4.85. The molecule has 0 unspecified atom stereocenters. The number of carbonyl (C=O) groups is 1. The predicted molar refractivity (Wildman–Crippen MR) is 56.4 cm³/mol. The minimum absolute atomic E-state index is 0.0346. The first-order chi connectivity index (χ1) is 6.68. The average molecular weight is 190 g/mol. The van der Waals surface area contributed by atoms with Crippen LogP contribution in [0.1, 0.15) is 29.8 Å². The van der Waals surface area contributed by atoms with Crippen molar-refractivity contribution < 1.29 is 4.79 Å². The Morgan fingerprint density at radius 1 is 1.43 bits per heavy atom. The molecule has 1 aromatic rings. The molecule has 0 fully saturated rings. The van der Waals surface area contributed by atoms with Crippen LogP contribution in [0.25, 0.3) is 0 Å². The third-order valence-corrected chi connectivity index (χ3v) is 2.29. The van der Waals surface area contributed by atoms with Gasteiger partial charge in [-0.15, -0.1) is 0 Å². The highest BCUT2D eigenvalue weighted by Crippen LogP contribution is 2.24. The molecule has 2 rings (SSSR count). The molecule has 1 aromatic carbocycles. The number of amides is 1. The van der Waals surface area contributed by atoms with Crippen LogP contribution < -0.4 is 10.6 Å². The Morgan fingerprint density at radius 2 is 2.21 bits per heavy atom. The Morgan fingerprint density at radius 3 is 2.93 bits per heavy atom. The SMILES string of the molecule is CC(C)Nc1cccc2c1CNC2=O. The molecule has 0 radical (unpaired) electrons. The van der Waals surface area contributed by atoms with Crippen LogP contribution in [0.5, 0.6) is 0 Å². The van der Waals surface area contributed by atoms with E-state index in [0.717, 1.165) is 16.8 Å². The van der Waals surface area contributed by atoms with Gasteiger partial charge < -0.3 is 10.6 Å². The van der Waals surface area contributed by atoms with Gasteiger partial charge in [0.1, 0.15) is 0 Å². The summed E-state index contributed by atoms with van der Waals surface area (Å²) in [5.74, 6) is 0.0346. The molecule has 14 heavy (non-hydrogen) atoms. The summed E-state index contributed by atoms with van der Waals surface area (Å²) < 4.78 is 0. The summed E-state index contributed by atoms with van der Waals surface area (Å²) in [4.78, 5) is 11.4. The maximum atomic E-state index is 11.4. The third-order valence-electron chi connectivity index (χ3n) is 2.29. The molecule has 2 N–H and O–H groups in total. The summed E-state index contributed by atoms with van der Waals surface area (Å²) in [5, 5.41) is 6.15. The Bertz CT molecular complexity index is 372. The molecule has 0 saturated carbocycles. The van der Waals surface area contributed by atoms with Gasteiger partial charge in [0.2, 0.25) is 0 Å². The van der Waals surface area contributed by atoms with Gasteiger partial charge in [-0.05, 0) is 26.0 Å². The summed E-state index contributed by atoms with van der Waals surface area (Å²) >= 11 is 0. The zero-order chi connectivity index (χ0) is 10.1. The fourth-order valence-corrected chi connectivity index (χ4v) is 1.70. The van der Waals surface area contributed by atoms with Crippen molar-refractivity contribution in [1.82, 2.24) is 5.32 Å². The number of hydrogen-bond acceptors (Lipinski definition) is 2. The molecule has 1 aliphatic rings. The van der Waals surface area contributed by atoms with Crippen molar-refractivity contribution in [3.63, 3.8) is 0 Å². The van der Waals surface area contributed by atoms with Crippen LogP contribution >= 0.6 is 0 Å². The molecule has 0 bridgehead atoms. The third kappa shape index (κ3) is 1.45. The Hall–Kier alpha value is -1.51. The van der Waals surface area contributed by atoms with Gasteiger partial charge in [0.15, 0.2) is 0 Å². The van der Waals surface area contributed by atoms with Gasteiger partial charge in [0.25, 0.3) is 5.91 Å². The molecular weight excluding hydrogens is 176 g/mol. The topological polar surface area (TPSA) is 41.1 Å². The molecule has 74 valence electrons. The second-order valence-corrected chi connectivity index (χ2v) is 3.81. The average Bonchev–Trinajstić information content (AvgIpc) is 2.49. The number of carbonyl (C=O) groups excluding carboxylic acids is 1. The van der Waals surface area contributed by atoms with Crippen LogP contribution in [0.4, 0.5) is 5.69 Å². The van der Waals surface area contributed by atoms with E-state index >= 15 is 0 Å². The highest BCUT2D eigenvalue weighted by Gasteiger charge is 2.20. The lowest BCUT2D eigenvalue weighted by Crippen LogP contribution is -2.12. The van der Waals surface area contributed by atoms with Crippen LogP contribution in [0, 0.1) is 0 Å². The molecule has 0 atom stereocenters. The Balaban J connectivity index is 2.39. The molecule has 1 aliphatic heterocycles. The zero-order valence-electron chi connectivity index (χ0n) is 8.42. The number of anilines is 1. The molecule has 0 aromatic heterocycles. The van der Waals surface area contributed by atoms with E-state index in [9.17, 15) is 4.79 Å². The second kappa shape index (κ2) is 3.33. The van der Waals surface area contributed by atoms with Gasteiger partial charge in [-0.2, -0.15) is 0 Å². The fourth-order valence-electron chi connectivity index (χ4n) is 1.70. The number of fused-ring (bicyclic) bond motifs is 1. The van der Waals surface area contributed by atoms with Gasteiger partial charge in [-0.1, -0.05) is 6.07 Å². The van der Waals surface area contributed by atoms with E-state index in [1.165, 1.54) is 0 Å². The molecule has 0 aliphatic carbocycles. The highest BCUT2D eigenvalue weighted by atomic mass is 16.1. The van der Waals surface area contributed by atoms with Crippen molar-refractivity contribution >= 4 is 11.6 Å². The maximum absolute atomic E-state index is 11.4. The van der Waals surface area contributed by atoms with Gasteiger partial charge in [0.05, 0.1) is 0 Å². The van der Waals surface area contributed by atoms with Crippen LogP contribution in [0.2, 0.25) is 0 Å². The summed E-state index contributed by atoms with van der Waals surface area (Å²) in [6.07, 6.45) is 0. The zero-order valence-corrected chi connectivity index (χ0v) is 8.42. The minimum Gasteiger partial charge on any atom is -0.383 e. The van der Waals surface area contributed by atoms with Gasteiger partial charge in [0, 0.05) is 29.4 Å². The van der Waals surface area contributed by atoms with Crippen LogP contribution in [-0.2, 0) is 6.54 Å². The van der Waals surface area contributed by atoms with E-state index in [1.807, 2.05) is 18.2 Å². The molecule has 1 amide bonds. The lowest BCUT2D eigenvalue weighted by atomic mass is 10.1. The lowest BCUT2D eigenvalue weighted by molar-refractivity contribution is 0.0966. The van der Waals surface area contributed by atoms with E-state index in [2.05, 4.69) is 24.5 Å². The van der Waals surface area contributed by atoms with Crippen molar-refractivity contribution in [2.75, 3.05) is 5.32 Å². The molecular formula is C11H14N2O. The lowest BCUT2D eigenvalue weighted by Gasteiger charge is -2.12. The largest absolute Gasteiger partial charge is 0.383 e. The van der Waals surface area contributed by atoms with Gasteiger partial charge >= 0.3 is 0 Å². The van der Waals surface area contributed by atoms with Crippen LogP contribution in [0.15, 0.2) is 18.2 Å². The summed E-state index contributed by atoms with van der Waals surface area (Å²) in [6, 6.07) is 6.17. The van der Waals surface area contributed by atoms with Crippen molar-refractivity contribution in [2.45, 2.75) is 26.4 Å². The molecule has 0 saturated heterocycles. The van der Waals surface area contributed by atoms with E-state index in [-0.39, 0.29) is 5.91 Å². The number of rotatable bonds is 2. The Labute approximate surface area is 83.5 Å². The Kier molecular flexibility index (Phi) is 2.15. The fraction of sp³-hybridized carbons (Fsp3) is 0.364. The summed E-state index contributed by atoms with van der Waals surface area (Å²) in [6.45, 7) is 4.82. The minimum atomic E-state index is 0.0346. The summed E-state index contributed by atoms with van der Waals surface area (Å²) in [5.41, 5.74) is 2.96. The van der Waals surface area contributed by atoms with Crippen LogP contribution in [0.3, 0.4) is 0 Å². The van der Waals surface area contributed by atoms with Crippen LogP contribution in [-0.4, -0.2) is 11.9 Å². The van der Waals surface area contributed by atoms with E-state index in [0.29, 0.717) is 12.6 Å². The first kappa shape index (κ1) is 9.06.